The Morgan fingerprint density at radius 2 is 2.33 bits per heavy atom. The van der Waals surface area contributed by atoms with Crippen LogP contribution < -0.4 is 0 Å². The van der Waals surface area contributed by atoms with Crippen LogP contribution in [-0.4, -0.2) is 28.3 Å². The predicted octanol–water partition coefficient (Wildman–Crippen LogP) is 2.74. The predicted molar refractivity (Wildman–Crippen MR) is 70.6 cm³/mol. The lowest BCUT2D eigenvalue weighted by Gasteiger charge is -2.28. The Balaban J connectivity index is 1.94. The molecule has 96 valence electrons. The number of fused-ring (bicyclic) bond motifs is 1. The molecule has 0 bridgehead atoms. The molecule has 0 atom stereocenters. The zero-order valence-corrected chi connectivity index (χ0v) is 10.8. The molecule has 1 aliphatic rings. The van der Waals surface area contributed by atoms with Crippen molar-refractivity contribution in [3.05, 3.63) is 24.2 Å². The molecule has 1 aliphatic carbocycles. The molecule has 0 spiro atoms. The van der Waals surface area contributed by atoms with Crippen LogP contribution in [0.4, 0.5) is 0 Å². The molecule has 0 N–H and O–H groups in total. The van der Waals surface area contributed by atoms with Gasteiger partial charge < -0.3 is 9.30 Å². The number of hydrogen-bond donors (Lipinski definition) is 0. The number of ether oxygens (including phenoxy) is 1. The molecule has 0 radical (unpaired) electrons. The summed E-state index contributed by atoms with van der Waals surface area (Å²) >= 11 is 0. The minimum atomic E-state index is 0.613. The smallest absolute Gasteiger partial charge is 0.160 e. The van der Waals surface area contributed by atoms with E-state index in [0.717, 1.165) is 30.6 Å². The summed E-state index contributed by atoms with van der Waals surface area (Å²) < 4.78 is 7.48. The van der Waals surface area contributed by atoms with Crippen molar-refractivity contribution in [1.82, 2.24) is 14.5 Å². The maximum atomic E-state index is 5.13. The van der Waals surface area contributed by atoms with Gasteiger partial charge in [-0.15, -0.1) is 0 Å². The second-order valence-electron chi connectivity index (χ2n) is 4.93. The third-order valence-electron chi connectivity index (χ3n) is 3.71. The Morgan fingerprint density at radius 1 is 1.44 bits per heavy atom. The molecule has 2 aromatic heterocycles. The van der Waals surface area contributed by atoms with Gasteiger partial charge in [-0.3, -0.25) is 0 Å². The normalized spacial score (nSPS) is 16.1. The summed E-state index contributed by atoms with van der Waals surface area (Å²) in [7, 11) is 1.75. The maximum Gasteiger partial charge on any atom is 0.160 e. The van der Waals surface area contributed by atoms with Gasteiger partial charge in [0.1, 0.15) is 11.3 Å². The number of aromatic nitrogens is 3. The van der Waals surface area contributed by atoms with Gasteiger partial charge in [-0.2, -0.15) is 0 Å². The lowest BCUT2D eigenvalue weighted by molar-refractivity contribution is 0.193. The first-order valence-corrected chi connectivity index (χ1v) is 6.71. The Bertz CT molecular complexity index is 531. The average Bonchev–Trinajstić information content (AvgIpc) is 2.67. The summed E-state index contributed by atoms with van der Waals surface area (Å²) in [6.07, 6.45) is 7.71. The minimum absolute atomic E-state index is 0.613. The van der Waals surface area contributed by atoms with E-state index >= 15 is 0 Å². The lowest BCUT2D eigenvalue weighted by atomic mass is 9.92. The van der Waals surface area contributed by atoms with Crippen molar-refractivity contribution in [2.24, 2.45) is 0 Å². The Labute approximate surface area is 107 Å². The Kier molecular flexibility index (Phi) is 3.28. The molecule has 4 heteroatoms. The van der Waals surface area contributed by atoms with Crippen molar-refractivity contribution in [2.75, 3.05) is 13.7 Å². The zero-order chi connectivity index (χ0) is 12.4. The van der Waals surface area contributed by atoms with Crippen LogP contribution in [0, 0.1) is 0 Å². The summed E-state index contributed by atoms with van der Waals surface area (Å²) in [6.45, 7) is 0.793. The molecule has 0 aromatic carbocycles. The van der Waals surface area contributed by atoms with E-state index in [0.29, 0.717) is 6.04 Å². The first-order chi connectivity index (χ1) is 8.90. The molecular weight excluding hydrogens is 226 g/mol. The molecule has 4 nitrogen and oxygen atoms in total. The van der Waals surface area contributed by atoms with Gasteiger partial charge in [0.15, 0.2) is 5.65 Å². The van der Waals surface area contributed by atoms with Crippen LogP contribution in [0.15, 0.2) is 18.3 Å². The minimum Gasteiger partial charge on any atom is -0.385 e. The van der Waals surface area contributed by atoms with Gasteiger partial charge in [-0.05, 0) is 37.8 Å². The molecule has 1 fully saturated rings. The van der Waals surface area contributed by atoms with Crippen LogP contribution in [-0.2, 0) is 11.2 Å². The molecule has 0 aliphatic heterocycles. The monoisotopic (exact) mass is 245 g/mol. The van der Waals surface area contributed by atoms with Crippen LogP contribution in [0.3, 0.4) is 0 Å². The number of rotatable bonds is 5. The summed E-state index contributed by atoms with van der Waals surface area (Å²) in [5, 5.41) is 0. The molecule has 0 amide bonds. The highest BCUT2D eigenvalue weighted by Crippen LogP contribution is 2.35. The number of imidazole rings is 1. The fourth-order valence-electron chi connectivity index (χ4n) is 2.56. The van der Waals surface area contributed by atoms with Crippen molar-refractivity contribution in [1.29, 1.82) is 0 Å². The quantitative estimate of drug-likeness (QED) is 0.760. The van der Waals surface area contributed by atoms with E-state index in [4.69, 9.17) is 9.72 Å². The van der Waals surface area contributed by atoms with Gasteiger partial charge in [-0.25, -0.2) is 9.97 Å². The highest BCUT2D eigenvalue weighted by Gasteiger charge is 2.24. The van der Waals surface area contributed by atoms with Crippen LogP contribution in [0.5, 0.6) is 0 Å². The number of nitrogens with zero attached hydrogens (tertiary/aromatic N) is 3. The highest BCUT2D eigenvalue weighted by molar-refractivity contribution is 5.71. The van der Waals surface area contributed by atoms with Gasteiger partial charge in [0, 0.05) is 32.4 Å². The summed E-state index contributed by atoms with van der Waals surface area (Å²) in [5.41, 5.74) is 2.08. The molecule has 0 unspecified atom stereocenters. The molecule has 18 heavy (non-hydrogen) atoms. The second kappa shape index (κ2) is 5.06. The SMILES string of the molecule is COCCCc1nc2cccnc2n1C1CCC1. The molecular formula is C14H19N3O. The van der Waals surface area contributed by atoms with Crippen molar-refractivity contribution in [3.8, 4) is 0 Å². The third kappa shape index (κ3) is 2.01. The lowest BCUT2D eigenvalue weighted by Crippen LogP contribution is -2.19. The Hall–Kier alpha value is -1.42. The van der Waals surface area contributed by atoms with E-state index in [1.807, 2.05) is 12.3 Å². The van der Waals surface area contributed by atoms with Crippen LogP contribution >= 0.6 is 0 Å². The first-order valence-electron chi connectivity index (χ1n) is 6.71. The van der Waals surface area contributed by atoms with E-state index in [-0.39, 0.29) is 0 Å². The number of hydrogen-bond acceptors (Lipinski definition) is 3. The maximum absolute atomic E-state index is 5.13. The van der Waals surface area contributed by atoms with Crippen molar-refractivity contribution in [3.63, 3.8) is 0 Å². The van der Waals surface area contributed by atoms with Gasteiger partial charge in [0.05, 0.1) is 0 Å². The number of pyridine rings is 1. The van der Waals surface area contributed by atoms with E-state index in [2.05, 4.69) is 15.6 Å². The molecule has 2 heterocycles. The molecule has 0 saturated heterocycles. The zero-order valence-electron chi connectivity index (χ0n) is 10.8. The Morgan fingerprint density at radius 3 is 3.06 bits per heavy atom. The first kappa shape index (κ1) is 11.7. The largest absolute Gasteiger partial charge is 0.385 e. The summed E-state index contributed by atoms with van der Waals surface area (Å²) in [5.74, 6) is 1.17. The second-order valence-corrected chi connectivity index (χ2v) is 4.93. The van der Waals surface area contributed by atoms with E-state index in [1.165, 1.54) is 25.1 Å². The fourth-order valence-corrected chi connectivity index (χ4v) is 2.56. The molecule has 2 aromatic rings. The highest BCUT2D eigenvalue weighted by atomic mass is 16.5. The van der Waals surface area contributed by atoms with E-state index in [1.54, 1.807) is 7.11 Å². The van der Waals surface area contributed by atoms with Crippen molar-refractivity contribution in [2.45, 2.75) is 38.1 Å². The van der Waals surface area contributed by atoms with Crippen LogP contribution in [0.2, 0.25) is 0 Å². The van der Waals surface area contributed by atoms with Gasteiger partial charge in [-0.1, -0.05) is 0 Å². The van der Waals surface area contributed by atoms with E-state index in [9.17, 15) is 0 Å². The number of methoxy groups -OCH3 is 1. The van der Waals surface area contributed by atoms with Gasteiger partial charge >= 0.3 is 0 Å². The van der Waals surface area contributed by atoms with Gasteiger partial charge in [0.2, 0.25) is 0 Å². The fraction of sp³-hybridized carbons (Fsp3) is 0.571. The average molecular weight is 245 g/mol. The van der Waals surface area contributed by atoms with Crippen molar-refractivity contribution >= 4 is 11.2 Å². The van der Waals surface area contributed by atoms with Crippen molar-refractivity contribution < 1.29 is 4.74 Å². The molecule has 3 rings (SSSR count). The van der Waals surface area contributed by atoms with Crippen LogP contribution in [0.1, 0.15) is 37.5 Å². The van der Waals surface area contributed by atoms with E-state index < -0.39 is 0 Å². The third-order valence-corrected chi connectivity index (χ3v) is 3.71. The topological polar surface area (TPSA) is 39.9 Å². The summed E-state index contributed by atoms with van der Waals surface area (Å²) in [4.78, 5) is 9.23. The molecule has 1 saturated carbocycles. The standard InChI is InChI=1S/C14H19N3O/c1-18-10-4-8-13-16-12-7-3-9-15-14(12)17(13)11-5-2-6-11/h3,7,9,11H,2,4-6,8,10H2,1H3. The summed E-state index contributed by atoms with van der Waals surface area (Å²) in [6, 6.07) is 4.62. The van der Waals surface area contributed by atoms with Gasteiger partial charge in [0.25, 0.3) is 0 Å². The van der Waals surface area contributed by atoms with Crippen LogP contribution in [0.25, 0.3) is 11.2 Å². The number of aryl methyl sites for hydroxylation is 1.